The lowest BCUT2D eigenvalue weighted by Gasteiger charge is -2.25. The zero-order valence-corrected chi connectivity index (χ0v) is 21.1. The molecule has 2 aliphatic rings. The number of aryl methyl sites for hydroxylation is 2. The van der Waals surface area contributed by atoms with E-state index in [1.165, 1.54) is 38.5 Å². The van der Waals surface area contributed by atoms with Crippen molar-refractivity contribution in [3.8, 4) is 39.5 Å². The molecular weight excluding hydrogens is 432 g/mol. The lowest BCUT2D eigenvalue weighted by molar-refractivity contribution is 0.414. The molecule has 2 fully saturated rings. The number of aromatic hydroxyl groups is 3. The highest BCUT2D eigenvalue weighted by Gasteiger charge is 2.24. The minimum absolute atomic E-state index is 0.263. The number of para-hydroxylation sites is 1. The molecular formula is C32H38O3. The van der Waals surface area contributed by atoms with Gasteiger partial charge in [0, 0.05) is 11.1 Å². The predicted octanol–water partition coefficient (Wildman–Crippen LogP) is 8.85. The Labute approximate surface area is 209 Å². The van der Waals surface area contributed by atoms with E-state index < -0.39 is 0 Å². The second kappa shape index (κ2) is 9.97. The maximum Gasteiger partial charge on any atom is 0.131 e. The number of phenolic OH excluding ortho intramolecular Hbond substituents is 3. The van der Waals surface area contributed by atoms with Gasteiger partial charge in [-0.2, -0.15) is 0 Å². The van der Waals surface area contributed by atoms with Gasteiger partial charge in [0.1, 0.15) is 17.2 Å². The maximum absolute atomic E-state index is 11.6. The molecule has 2 aliphatic carbocycles. The number of phenols is 3. The molecule has 2 saturated carbocycles. The highest BCUT2D eigenvalue weighted by atomic mass is 16.3. The monoisotopic (exact) mass is 470 g/mol. The molecule has 0 bridgehead atoms. The molecule has 0 aliphatic heterocycles. The van der Waals surface area contributed by atoms with E-state index in [2.05, 4.69) is 12.1 Å². The van der Waals surface area contributed by atoms with Crippen LogP contribution in [0.4, 0.5) is 0 Å². The van der Waals surface area contributed by atoms with Gasteiger partial charge < -0.3 is 15.3 Å². The van der Waals surface area contributed by atoms with Crippen LogP contribution in [-0.4, -0.2) is 15.3 Å². The minimum atomic E-state index is 0.263. The molecule has 3 aromatic rings. The summed E-state index contributed by atoms with van der Waals surface area (Å²) < 4.78 is 0. The van der Waals surface area contributed by atoms with Crippen molar-refractivity contribution in [3.63, 3.8) is 0 Å². The van der Waals surface area contributed by atoms with Crippen molar-refractivity contribution in [1.29, 1.82) is 0 Å². The Morgan fingerprint density at radius 3 is 1.34 bits per heavy atom. The van der Waals surface area contributed by atoms with Crippen molar-refractivity contribution >= 4 is 0 Å². The fourth-order valence-corrected chi connectivity index (χ4v) is 6.46. The number of hydrogen-bond donors (Lipinski definition) is 3. The largest absolute Gasteiger partial charge is 0.508 e. The van der Waals surface area contributed by atoms with E-state index in [1.54, 1.807) is 0 Å². The van der Waals surface area contributed by atoms with E-state index in [-0.39, 0.29) is 5.75 Å². The van der Waals surface area contributed by atoms with Gasteiger partial charge in [0.05, 0.1) is 0 Å². The third-order valence-corrected chi connectivity index (χ3v) is 8.45. The quantitative estimate of drug-likeness (QED) is 0.357. The highest BCUT2D eigenvalue weighted by Crippen LogP contribution is 2.46. The maximum atomic E-state index is 11.6. The molecule has 3 nitrogen and oxygen atoms in total. The van der Waals surface area contributed by atoms with Crippen LogP contribution < -0.4 is 0 Å². The van der Waals surface area contributed by atoms with E-state index in [9.17, 15) is 15.3 Å². The van der Waals surface area contributed by atoms with Gasteiger partial charge in [0.2, 0.25) is 0 Å². The summed E-state index contributed by atoms with van der Waals surface area (Å²) in [6.45, 7) is 4.00. The second-order valence-corrected chi connectivity index (χ2v) is 10.8. The Morgan fingerprint density at radius 1 is 0.543 bits per heavy atom. The van der Waals surface area contributed by atoms with E-state index in [0.29, 0.717) is 23.3 Å². The summed E-state index contributed by atoms with van der Waals surface area (Å²) in [4.78, 5) is 0. The fraction of sp³-hybridized carbons (Fsp3) is 0.438. The van der Waals surface area contributed by atoms with Crippen molar-refractivity contribution in [2.24, 2.45) is 0 Å². The van der Waals surface area contributed by atoms with Gasteiger partial charge in [-0.25, -0.2) is 0 Å². The molecule has 0 heterocycles. The van der Waals surface area contributed by atoms with Crippen molar-refractivity contribution in [2.75, 3.05) is 0 Å². The summed E-state index contributed by atoms with van der Waals surface area (Å²) in [5, 5.41) is 33.1. The van der Waals surface area contributed by atoms with E-state index in [1.807, 2.05) is 44.2 Å². The van der Waals surface area contributed by atoms with E-state index in [4.69, 9.17) is 0 Å². The SMILES string of the molecule is Cc1cc(O)c(C2CCCCC2)cc1-c1cccc(-c2cc(C3CCCCC3)c(O)cc2C)c1O. The zero-order valence-electron chi connectivity index (χ0n) is 21.1. The molecule has 0 aromatic heterocycles. The van der Waals surface area contributed by atoms with Gasteiger partial charge in [-0.05, 0) is 109 Å². The normalized spacial score (nSPS) is 17.5. The lowest BCUT2D eigenvalue weighted by Crippen LogP contribution is -2.06. The van der Waals surface area contributed by atoms with Crippen LogP contribution in [0.15, 0.2) is 42.5 Å². The molecule has 184 valence electrons. The molecule has 0 amide bonds. The van der Waals surface area contributed by atoms with Crippen LogP contribution in [0.5, 0.6) is 17.2 Å². The molecule has 3 N–H and O–H groups in total. The topological polar surface area (TPSA) is 60.7 Å². The van der Waals surface area contributed by atoms with Crippen molar-refractivity contribution in [2.45, 2.75) is 89.9 Å². The Hall–Kier alpha value is -2.94. The van der Waals surface area contributed by atoms with Crippen LogP contribution in [0.2, 0.25) is 0 Å². The Morgan fingerprint density at radius 2 is 0.943 bits per heavy atom. The number of hydrogen-bond acceptors (Lipinski definition) is 3. The van der Waals surface area contributed by atoms with Crippen LogP contribution >= 0.6 is 0 Å². The van der Waals surface area contributed by atoms with Crippen LogP contribution in [0, 0.1) is 13.8 Å². The standard InChI is InChI=1S/C32H38O3/c1-20-16-30(33)28(22-10-5-3-6-11-22)18-26(20)24-14-9-15-25(32(24)35)27-19-29(31(34)17-21(27)2)23-12-7-4-8-13-23/h9,14-19,22-23,33-35H,3-8,10-13H2,1-2H3. The highest BCUT2D eigenvalue weighted by molar-refractivity contribution is 5.85. The van der Waals surface area contributed by atoms with Crippen molar-refractivity contribution < 1.29 is 15.3 Å². The third-order valence-electron chi connectivity index (χ3n) is 8.45. The molecule has 35 heavy (non-hydrogen) atoms. The molecule has 5 rings (SSSR count). The van der Waals surface area contributed by atoms with Gasteiger partial charge in [0.25, 0.3) is 0 Å². The van der Waals surface area contributed by atoms with Gasteiger partial charge in [-0.15, -0.1) is 0 Å². The fourth-order valence-electron chi connectivity index (χ4n) is 6.46. The van der Waals surface area contributed by atoms with Gasteiger partial charge >= 0.3 is 0 Å². The molecule has 0 spiro atoms. The first-order valence-corrected chi connectivity index (χ1v) is 13.4. The van der Waals surface area contributed by atoms with Gasteiger partial charge in [-0.1, -0.05) is 56.7 Å². The molecule has 0 unspecified atom stereocenters. The van der Waals surface area contributed by atoms with Crippen molar-refractivity contribution in [3.05, 3.63) is 64.7 Å². The van der Waals surface area contributed by atoms with Crippen LogP contribution in [0.25, 0.3) is 22.3 Å². The minimum Gasteiger partial charge on any atom is -0.508 e. The van der Waals surface area contributed by atoms with E-state index >= 15 is 0 Å². The molecule has 3 aromatic carbocycles. The summed E-state index contributed by atoms with van der Waals surface area (Å²) in [6, 6.07) is 13.9. The van der Waals surface area contributed by atoms with E-state index in [0.717, 1.165) is 70.2 Å². The van der Waals surface area contributed by atoms with Gasteiger partial charge in [0.15, 0.2) is 0 Å². The Balaban J connectivity index is 1.59. The first-order valence-electron chi connectivity index (χ1n) is 13.4. The van der Waals surface area contributed by atoms with Crippen LogP contribution in [-0.2, 0) is 0 Å². The van der Waals surface area contributed by atoms with Gasteiger partial charge in [-0.3, -0.25) is 0 Å². The molecule has 0 saturated heterocycles. The first kappa shape index (κ1) is 23.8. The Bertz CT molecular complexity index is 1120. The summed E-state index contributed by atoms with van der Waals surface area (Å²) in [6.07, 6.45) is 11.8. The average molecular weight is 471 g/mol. The summed E-state index contributed by atoms with van der Waals surface area (Å²) in [5.74, 6) is 1.77. The van der Waals surface area contributed by atoms with Crippen molar-refractivity contribution in [1.82, 2.24) is 0 Å². The van der Waals surface area contributed by atoms with Crippen LogP contribution in [0.3, 0.4) is 0 Å². The summed E-state index contributed by atoms with van der Waals surface area (Å²) in [7, 11) is 0. The zero-order chi connectivity index (χ0) is 24.5. The number of benzene rings is 3. The number of rotatable bonds is 4. The second-order valence-electron chi connectivity index (χ2n) is 10.8. The summed E-state index contributed by atoms with van der Waals surface area (Å²) in [5.41, 5.74) is 7.48. The van der Waals surface area contributed by atoms with Crippen LogP contribution in [0.1, 0.15) is 98.3 Å². The molecule has 3 heteroatoms. The Kier molecular flexibility index (Phi) is 6.77. The predicted molar refractivity (Wildman–Crippen MR) is 143 cm³/mol. The summed E-state index contributed by atoms with van der Waals surface area (Å²) >= 11 is 0. The first-order chi connectivity index (χ1) is 16.9. The molecule has 0 radical (unpaired) electrons. The lowest BCUT2D eigenvalue weighted by atomic mass is 9.81. The third kappa shape index (κ3) is 4.66. The molecule has 0 atom stereocenters. The smallest absolute Gasteiger partial charge is 0.131 e. The average Bonchev–Trinajstić information content (AvgIpc) is 2.86.